The molecule has 0 aliphatic carbocycles. The van der Waals surface area contributed by atoms with Crippen molar-refractivity contribution in [3.05, 3.63) is 29.3 Å². The van der Waals surface area contributed by atoms with Crippen LogP contribution < -0.4 is 15.2 Å². The summed E-state index contributed by atoms with van der Waals surface area (Å²) in [6.07, 6.45) is 0. The maximum atomic E-state index is 11.8. The molecule has 4 N–H and O–H groups in total. The molecule has 0 saturated heterocycles. The minimum Gasteiger partial charge on any atom is -0.326 e. The molecule has 5 nitrogen and oxygen atoms in total. The second-order valence-corrected chi connectivity index (χ2v) is 6.20. The Morgan fingerprint density at radius 3 is 2.56 bits per heavy atom. The summed E-state index contributed by atoms with van der Waals surface area (Å²) in [4.78, 5) is 0. The van der Waals surface area contributed by atoms with E-state index in [1.807, 2.05) is 32.9 Å². The van der Waals surface area contributed by atoms with E-state index < -0.39 is 10.2 Å². The van der Waals surface area contributed by atoms with E-state index in [1.54, 1.807) is 6.07 Å². The Bertz CT molecular complexity index is 498. The normalized spacial score (nSPS) is 11.8. The molecule has 0 amide bonds. The van der Waals surface area contributed by atoms with Crippen LogP contribution in [0.2, 0.25) is 0 Å². The topological polar surface area (TPSA) is 84.2 Å². The number of anilines is 1. The van der Waals surface area contributed by atoms with Crippen LogP contribution in [-0.2, 0) is 16.8 Å². The highest BCUT2D eigenvalue weighted by Crippen LogP contribution is 2.17. The second-order valence-electron chi connectivity index (χ2n) is 4.70. The fourth-order valence-corrected chi connectivity index (χ4v) is 2.50. The summed E-state index contributed by atoms with van der Waals surface area (Å²) in [7, 11) is -3.52. The van der Waals surface area contributed by atoms with Gasteiger partial charge in [-0.15, -0.1) is 0 Å². The van der Waals surface area contributed by atoms with Gasteiger partial charge in [-0.25, -0.2) is 0 Å². The van der Waals surface area contributed by atoms with Gasteiger partial charge >= 0.3 is 0 Å². The van der Waals surface area contributed by atoms with E-state index in [0.29, 0.717) is 18.8 Å². The van der Waals surface area contributed by atoms with Gasteiger partial charge in [0.05, 0.1) is 5.69 Å². The molecule has 1 aromatic carbocycles. The largest absolute Gasteiger partial charge is 0.326 e. The zero-order valence-corrected chi connectivity index (χ0v) is 11.8. The average molecular weight is 271 g/mol. The van der Waals surface area contributed by atoms with Gasteiger partial charge in [-0.3, -0.25) is 4.72 Å². The van der Waals surface area contributed by atoms with Crippen molar-refractivity contribution in [3.63, 3.8) is 0 Å². The zero-order valence-electron chi connectivity index (χ0n) is 11.0. The molecule has 0 atom stereocenters. The molecular weight excluding hydrogens is 250 g/mol. The van der Waals surface area contributed by atoms with Gasteiger partial charge in [-0.05, 0) is 30.0 Å². The van der Waals surface area contributed by atoms with Gasteiger partial charge < -0.3 is 5.73 Å². The minimum absolute atomic E-state index is 0.262. The van der Waals surface area contributed by atoms with Crippen LogP contribution in [0.25, 0.3) is 0 Å². The lowest BCUT2D eigenvalue weighted by molar-refractivity contribution is 0.565. The fourth-order valence-electron chi connectivity index (χ4n) is 1.36. The number of hydrogen-bond acceptors (Lipinski definition) is 3. The predicted octanol–water partition coefficient (Wildman–Crippen LogP) is 1.36. The van der Waals surface area contributed by atoms with Crippen molar-refractivity contribution in [2.45, 2.75) is 27.3 Å². The van der Waals surface area contributed by atoms with Gasteiger partial charge in [0.2, 0.25) is 0 Å². The molecule has 0 aromatic heterocycles. The van der Waals surface area contributed by atoms with E-state index >= 15 is 0 Å². The van der Waals surface area contributed by atoms with Crippen LogP contribution in [0.4, 0.5) is 5.69 Å². The standard InChI is InChI=1S/C12H21N3O2S/c1-9(2)8-14-18(16,17)15-12-6-11(7-13)5-4-10(12)3/h4-6,9,14-15H,7-8,13H2,1-3H3. The third-order valence-electron chi connectivity index (χ3n) is 2.46. The molecule has 1 rings (SSSR count). The number of nitrogens with two attached hydrogens (primary N) is 1. The SMILES string of the molecule is Cc1ccc(CN)cc1NS(=O)(=O)NCC(C)C. The highest BCUT2D eigenvalue weighted by atomic mass is 32.2. The Kier molecular flexibility index (Phi) is 5.13. The quantitative estimate of drug-likeness (QED) is 0.730. The van der Waals surface area contributed by atoms with Crippen LogP contribution in [0, 0.1) is 12.8 Å². The van der Waals surface area contributed by atoms with Gasteiger partial charge in [-0.1, -0.05) is 26.0 Å². The first-order valence-corrected chi connectivity index (χ1v) is 7.39. The smallest absolute Gasteiger partial charge is 0.299 e. The third kappa shape index (κ3) is 4.64. The van der Waals surface area contributed by atoms with Crippen LogP contribution >= 0.6 is 0 Å². The number of rotatable bonds is 6. The molecule has 1 aromatic rings. The molecule has 6 heteroatoms. The van der Waals surface area contributed by atoms with Crippen LogP contribution in [0.1, 0.15) is 25.0 Å². The van der Waals surface area contributed by atoms with Gasteiger partial charge in [0.1, 0.15) is 0 Å². The van der Waals surface area contributed by atoms with Crippen molar-refractivity contribution in [2.24, 2.45) is 11.7 Å². The van der Waals surface area contributed by atoms with Crippen LogP contribution in [-0.4, -0.2) is 15.0 Å². The van der Waals surface area contributed by atoms with Gasteiger partial charge in [0, 0.05) is 13.1 Å². The summed E-state index contributed by atoms with van der Waals surface area (Å²) >= 11 is 0. The molecule has 0 fully saturated rings. The third-order valence-corrected chi connectivity index (χ3v) is 3.50. The fraction of sp³-hybridized carbons (Fsp3) is 0.500. The second kappa shape index (κ2) is 6.17. The molecule has 0 radical (unpaired) electrons. The van der Waals surface area contributed by atoms with E-state index in [1.165, 1.54) is 0 Å². The van der Waals surface area contributed by atoms with E-state index in [0.717, 1.165) is 11.1 Å². The van der Waals surface area contributed by atoms with Gasteiger partial charge in [0.25, 0.3) is 10.2 Å². The summed E-state index contributed by atoms with van der Waals surface area (Å²) in [5, 5.41) is 0. The maximum Gasteiger partial charge on any atom is 0.299 e. The predicted molar refractivity (Wildman–Crippen MR) is 74.5 cm³/mol. The van der Waals surface area contributed by atoms with Gasteiger partial charge in [-0.2, -0.15) is 13.1 Å². The molecule has 0 spiro atoms. The monoisotopic (exact) mass is 271 g/mol. The van der Waals surface area contributed by atoms with Crippen molar-refractivity contribution in [3.8, 4) is 0 Å². The first-order chi connectivity index (χ1) is 8.34. The maximum absolute atomic E-state index is 11.8. The van der Waals surface area contributed by atoms with Crippen LogP contribution in [0.15, 0.2) is 18.2 Å². The summed E-state index contributed by atoms with van der Waals surface area (Å²) in [5.74, 6) is 0.262. The van der Waals surface area contributed by atoms with Crippen molar-refractivity contribution >= 4 is 15.9 Å². The molecule has 0 unspecified atom stereocenters. The molecule has 0 heterocycles. The van der Waals surface area contributed by atoms with Crippen LogP contribution in [0.5, 0.6) is 0 Å². The summed E-state index contributed by atoms with van der Waals surface area (Å²) in [5.41, 5.74) is 7.86. The number of benzene rings is 1. The summed E-state index contributed by atoms with van der Waals surface area (Å²) in [6, 6.07) is 5.49. The van der Waals surface area contributed by atoms with E-state index in [2.05, 4.69) is 9.44 Å². The van der Waals surface area contributed by atoms with Crippen molar-refractivity contribution in [1.29, 1.82) is 0 Å². The molecule has 0 aliphatic rings. The number of aryl methyl sites for hydroxylation is 1. The van der Waals surface area contributed by atoms with Crippen molar-refractivity contribution < 1.29 is 8.42 Å². The zero-order chi connectivity index (χ0) is 13.8. The highest BCUT2D eigenvalue weighted by molar-refractivity contribution is 7.90. The lowest BCUT2D eigenvalue weighted by Crippen LogP contribution is -2.33. The Morgan fingerprint density at radius 2 is 2.00 bits per heavy atom. The lowest BCUT2D eigenvalue weighted by Gasteiger charge is -2.13. The first kappa shape index (κ1) is 14.9. The Labute approximate surface area is 109 Å². The number of nitrogens with one attached hydrogen (secondary N) is 2. The molecule has 0 aliphatic heterocycles. The Balaban J connectivity index is 2.83. The Hall–Kier alpha value is -1.11. The van der Waals surface area contributed by atoms with Crippen molar-refractivity contribution in [2.75, 3.05) is 11.3 Å². The van der Waals surface area contributed by atoms with Crippen molar-refractivity contribution in [1.82, 2.24) is 4.72 Å². The first-order valence-electron chi connectivity index (χ1n) is 5.91. The van der Waals surface area contributed by atoms with E-state index in [4.69, 9.17) is 5.73 Å². The number of hydrogen-bond donors (Lipinski definition) is 3. The van der Waals surface area contributed by atoms with E-state index in [9.17, 15) is 8.42 Å². The minimum atomic E-state index is -3.52. The van der Waals surface area contributed by atoms with Crippen LogP contribution in [0.3, 0.4) is 0 Å². The molecule has 0 bridgehead atoms. The molecular formula is C12H21N3O2S. The molecule has 0 saturated carbocycles. The average Bonchev–Trinajstić information content (AvgIpc) is 2.29. The lowest BCUT2D eigenvalue weighted by atomic mass is 10.1. The molecule has 102 valence electrons. The summed E-state index contributed by atoms with van der Waals surface area (Å²) in [6.45, 7) is 6.53. The van der Waals surface area contributed by atoms with Gasteiger partial charge in [0.15, 0.2) is 0 Å². The Morgan fingerprint density at radius 1 is 1.33 bits per heavy atom. The summed E-state index contributed by atoms with van der Waals surface area (Å²) < 4.78 is 28.6. The highest BCUT2D eigenvalue weighted by Gasteiger charge is 2.11. The molecule has 18 heavy (non-hydrogen) atoms. The van der Waals surface area contributed by atoms with E-state index in [-0.39, 0.29) is 5.92 Å².